The molecular formula is C13H18O2Si. The van der Waals surface area contributed by atoms with Crippen LogP contribution in [0.1, 0.15) is 13.8 Å². The molecule has 0 aromatic heterocycles. The molecule has 16 heavy (non-hydrogen) atoms. The maximum atomic E-state index is 11.7. The van der Waals surface area contributed by atoms with Crippen molar-refractivity contribution in [3.05, 3.63) is 42.0 Å². The normalized spacial score (nSPS) is 12.4. The second-order valence-corrected chi connectivity index (χ2v) is 8.04. The van der Waals surface area contributed by atoms with Gasteiger partial charge in [0.25, 0.3) is 8.32 Å². The molecule has 0 atom stereocenters. The lowest BCUT2D eigenvalue weighted by Crippen LogP contribution is -2.46. The first-order valence-corrected chi connectivity index (χ1v) is 8.30. The third-order valence-electron chi connectivity index (χ3n) is 2.57. The number of carbonyl (C=O) groups is 1. The third-order valence-corrected chi connectivity index (χ3v) is 4.99. The fourth-order valence-corrected chi connectivity index (χ4v) is 3.07. The van der Waals surface area contributed by atoms with E-state index in [4.69, 9.17) is 4.43 Å². The Morgan fingerprint density at radius 1 is 1.25 bits per heavy atom. The predicted octanol–water partition coefficient (Wildman–Crippen LogP) is 2.61. The number of hydrogen-bond donors (Lipinski definition) is 0. The first-order chi connectivity index (χ1) is 7.47. The summed E-state index contributed by atoms with van der Waals surface area (Å²) in [5.74, 6) is -0.206. The SMILES string of the molecule is CC=C(C)C(=O)O[Si](C)(C)c1ccccc1. The summed E-state index contributed by atoms with van der Waals surface area (Å²) in [7, 11) is -2.11. The Labute approximate surface area is 98.1 Å². The van der Waals surface area contributed by atoms with Crippen molar-refractivity contribution in [3.8, 4) is 0 Å². The van der Waals surface area contributed by atoms with Crippen LogP contribution in [0.2, 0.25) is 13.1 Å². The standard InChI is InChI=1S/C13H18O2Si/c1-5-11(2)13(14)15-16(3,4)12-9-7-6-8-10-12/h5-10H,1-4H3. The molecule has 0 saturated carbocycles. The van der Waals surface area contributed by atoms with E-state index in [1.54, 1.807) is 13.0 Å². The predicted molar refractivity (Wildman–Crippen MR) is 69.1 cm³/mol. The molecule has 0 unspecified atom stereocenters. The zero-order valence-corrected chi connectivity index (χ0v) is 11.3. The first-order valence-electron chi connectivity index (χ1n) is 5.39. The quantitative estimate of drug-likeness (QED) is 0.593. The molecule has 0 aliphatic carbocycles. The van der Waals surface area contributed by atoms with Gasteiger partial charge in [-0.05, 0) is 32.1 Å². The fraction of sp³-hybridized carbons (Fsp3) is 0.308. The summed E-state index contributed by atoms with van der Waals surface area (Å²) in [4.78, 5) is 11.7. The third kappa shape index (κ3) is 3.07. The molecule has 0 saturated heterocycles. The van der Waals surface area contributed by atoms with Crippen molar-refractivity contribution in [1.29, 1.82) is 0 Å². The monoisotopic (exact) mass is 234 g/mol. The summed E-state index contributed by atoms with van der Waals surface area (Å²) in [5, 5.41) is 1.13. The average Bonchev–Trinajstić information content (AvgIpc) is 2.28. The summed E-state index contributed by atoms with van der Waals surface area (Å²) in [6, 6.07) is 9.95. The van der Waals surface area contributed by atoms with Crippen LogP contribution in [0, 0.1) is 0 Å². The molecule has 0 bridgehead atoms. The molecule has 0 fully saturated rings. The molecule has 86 valence electrons. The maximum absolute atomic E-state index is 11.7. The smallest absolute Gasteiger partial charge is 0.320 e. The van der Waals surface area contributed by atoms with Gasteiger partial charge in [0.2, 0.25) is 0 Å². The molecule has 0 aliphatic heterocycles. The van der Waals surface area contributed by atoms with Gasteiger partial charge in [0.1, 0.15) is 0 Å². The molecule has 1 rings (SSSR count). The van der Waals surface area contributed by atoms with E-state index in [-0.39, 0.29) is 5.97 Å². The minimum atomic E-state index is -2.11. The van der Waals surface area contributed by atoms with E-state index in [0.717, 1.165) is 5.19 Å². The van der Waals surface area contributed by atoms with Gasteiger partial charge in [-0.2, -0.15) is 0 Å². The lowest BCUT2D eigenvalue weighted by Gasteiger charge is -2.23. The first kappa shape index (κ1) is 12.7. The van der Waals surface area contributed by atoms with E-state index >= 15 is 0 Å². The summed E-state index contributed by atoms with van der Waals surface area (Å²) in [6.07, 6.45) is 1.78. The average molecular weight is 234 g/mol. The molecule has 0 N–H and O–H groups in total. The molecular weight excluding hydrogens is 216 g/mol. The minimum absolute atomic E-state index is 0.206. The summed E-state index contributed by atoms with van der Waals surface area (Å²) >= 11 is 0. The van der Waals surface area contributed by atoms with Crippen molar-refractivity contribution >= 4 is 19.5 Å². The number of allylic oxidation sites excluding steroid dienone is 1. The zero-order valence-electron chi connectivity index (χ0n) is 10.3. The highest BCUT2D eigenvalue weighted by Gasteiger charge is 2.29. The Morgan fingerprint density at radius 3 is 2.31 bits per heavy atom. The van der Waals surface area contributed by atoms with Crippen LogP contribution >= 0.6 is 0 Å². The Hall–Kier alpha value is -1.35. The number of carbonyl (C=O) groups excluding carboxylic acids is 1. The van der Waals surface area contributed by atoms with Gasteiger partial charge in [0.05, 0.1) is 0 Å². The summed E-state index contributed by atoms with van der Waals surface area (Å²) < 4.78 is 5.61. The van der Waals surface area contributed by atoms with Crippen LogP contribution in [0.4, 0.5) is 0 Å². The van der Waals surface area contributed by atoms with Gasteiger partial charge in [-0.3, -0.25) is 0 Å². The molecule has 2 nitrogen and oxygen atoms in total. The molecule has 0 spiro atoms. The van der Waals surface area contributed by atoms with Crippen LogP contribution in [0.15, 0.2) is 42.0 Å². The van der Waals surface area contributed by atoms with E-state index in [9.17, 15) is 4.79 Å². The Balaban J connectivity index is 2.84. The van der Waals surface area contributed by atoms with Gasteiger partial charge >= 0.3 is 5.97 Å². The second kappa shape index (κ2) is 5.12. The summed E-state index contributed by atoms with van der Waals surface area (Å²) in [6.45, 7) is 7.68. The number of rotatable bonds is 3. The highest BCUT2D eigenvalue weighted by Crippen LogP contribution is 2.08. The van der Waals surface area contributed by atoms with E-state index in [1.165, 1.54) is 0 Å². The van der Waals surface area contributed by atoms with E-state index in [1.807, 2.05) is 50.3 Å². The van der Waals surface area contributed by atoms with Crippen LogP contribution in [0.5, 0.6) is 0 Å². The Kier molecular flexibility index (Phi) is 4.07. The van der Waals surface area contributed by atoms with Gasteiger partial charge in [0, 0.05) is 5.57 Å². The van der Waals surface area contributed by atoms with Crippen LogP contribution in [0.25, 0.3) is 0 Å². The van der Waals surface area contributed by atoms with Gasteiger partial charge in [-0.15, -0.1) is 0 Å². The van der Waals surface area contributed by atoms with Crippen molar-refractivity contribution in [2.45, 2.75) is 26.9 Å². The maximum Gasteiger partial charge on any atom is 0.320 e. The highest BCUT2D eigenvalue weighted by molar-refractivity contribution is 6.85. The molecule has 0 amide bonds. The molecule has 0 heterocycles. The van der Waals surface area contributed by atoms with E-state index < -0.39 is 8.32 Å². The highest BCUT2D eigenvalue weighted by atomic mass is 28.4. The van der Waals surface area contributed by atoms with E-state index in [2.05, 4.69) is 0 Å². The van der Waals surface area contributed by atoms with Crippen LogP contribution in [-0.2, 0) is 9.22 Å². The van der Waals surface area contributed by atoms with Crippen molar-refractivity contribution in [1.82, 2.24) is 0 Å². The van der Waals surface area contributed by atoms with Crippen LogP contribution < -0.4 is 5.19 Å². The molecule has 1 aromatic rings. The lowest BCUT2D eigenvalue weighted by molar-refractivity contribution is -0.130. The van der Waals surface area contributed by atoms with Crippen molar-refractivity contribution in [2.75, 3.05) is 0 Å². The Bertz CT molecular complexity index is 394. The lowest BCUT2D eigenvalue weighted by atomic mass is 10.3. The zero-order chi connectivity index (χ0) is 12.2. The fourth-order valence-electron chi connectivity index (χ4n) is 1.33. The number of benzene rings is 1. The van der Waals surface area contributed by atoms with Gasteiger partial charge < -0.3 is 4.43 Å². The van der Waals surface area contributed by atoms with Crippen molar-refractivity contribution in [3.63, 3.8) is 0 Å². The molecule has 1 aromatic carbocycles. The summed E-state index contributed by atoms with van der Waals surface area (Å²) in [5.41, 5.74) is 0.663. The van der Waals surface area contributed by atoms with Crippen molar-refractivity contribution < 1.29 is 9.22 Å². The second-order valence-electron chi connectivity index (χ2n) is 4.24. The van der Waals surface area contributed by atoms with Crippen LogP contribution in [-0.4, -0.2) is 14.3 Å². The molecule has 0 aliphatic rings. The minimum Gasteiger partial charge on any atom is -0.512 e. The largest absolute Gasteiger partial charge is 0.512 e. The van der Waals surface area contributed by atoms with Crippen LogP contribution in [0.3, 0.4) is 0 Å². The molecule has 0 radical (unpaired) electrons. The van der Waals surface area contributed by atoms with E-state index in [0.29, 0.717) is 5.57 Å². The Morgan fingerprint density at radius 2 is 1.81 bits per heavy atom. The van der Waals surface area contributed by atoms with Gasteiger partial charge in [0.15, 0.2) is 0 Å². The van der Waals surface area contributed by atoms with Crippen molar-refractivity contribution in [2.24, 2.45) is 0 Å². The topological polar surface area (TPSA) is 26.3 Å². The number of hydrogen-bond acceptors (Lipinski definition) is 2. The van der Waals surface area contributed by atoms with Gasteiger partial charge in [-0.25, -0.2) is 4.79 Å². The molecule has 3 heteroatoms. The van der Waals surface area contributed by atoms with Gasteiger partial charge in [-0.1, -0.05) is 36.4 Å².